The van der Waals surface area contributed by atoms with E-state index >= 15 is 0 Å². The lowest BCUT2D eigenvalue weighted by molar-refractivity contribution is -0.131. The van der Waals surface area contributed by atoms with Crippen LogP contribution in [0.1, 0.15) is 35.7 Å². The Hall–Kier alpha value is -2.14. The van der Waals surface area contributed by atoms with E-state index in [2.05, 4.69) is 17.4 Å². The molecule has 0 unspecified atom stereocenters. The highest BCUT2D eigenvalue weighted by molar-refractivity contribution is 7.08. The van der Waals surface area contributed by atoms with E-state index < -0.39 is 0 Å². The second-order valence-electron chi connectivity index (χ2n) is 5.58. The minimum absolute atomic E-state index is 0.0693. The monoisotopic (exact) mass is 344 g/mol. The van der Waals surface area contributed by atoms with Gasteiger partial charge in [-0.05, 0) is 36.8 Å². The zero-order valence-corrected chi connectivity index (χ0v) is 14.8. The molecule has 0 aliphatic carbocycles. The number of amides is 2. The summed E-state index contributed by atoms with van der Waals surface area (Å²) in [7, 11) is 0. The number of hydrogen-bond acceptors (Lipinski definition) is 3. The van der Waals surface area contributed by atoms with Crippen molar-refractivity contribution >= 4 is 23.2 Å². The zero-order valence-electron chi connectivity index (χ0n) is 14.0. The number of rotatable bonds is 9. The predicted molar refractivity (Wildman–Crippen MR) is 98.3 cm³/mol. The minimum Gasteiger partial charge on any atom is -0.352 e. The normalized spacial score (nSPS) is 10.4. The van der Waals surface area contributed by atoms with Gasteiger partial charge in [0.2, 0.25) is 5.91 Å². The van der Waals surface area contributed by atoms with Gasteiger partial charge < -0.3 is 10.2 Å². The molecule has 0 spiro atoms. The summed E-state index contributed by atoms with van der Waals surface area (Å²) in [6.45, 7) is 3.98. The highest BCUT2D eigenvalue weighted by Crippen LogP contribution is 2.06. The summed E-state index contributed by atoms with van der Waals surface area (Å²) in [5.41, 5.74) is 1.93. The maximum Gasteiger partial charge on any atom is 0.252 e. The molecule has 0 aliphatic rings. The summed E-state index contributed by atoms with van der Waals surface area (Å²) in [5, 5.41) is 6.55. The Balaban J connectivity index is 1.67. The van der Waals surface area contributed by atoms with Crippen LogP contribution in [0.2, 0.25) is 0 Å². The van der Waals surface area contributed by atoms with Crippen LogP contribution in [0.4, 0.5) is 0 Å². The maximum absolute atomic E-state index is 12.3. The van der Waals surface area contributed by atoms with Gasteiger partial charge in [-0.3, -0.25) is 9.59 Å². The van der Waals surface area contributed by atoms with Crippen molar-refractivity contribution in [3.8, 4) is 0 Å². The van der Waals surface area contributed by atoms with Gasteiger partial charge in [-0.1, -0.05) is 30.3 Å². The van der Waals surface area contributed by atoms with Gasteiger partial charge in [0, 0.05) is 37.0 Å². The standard InChI is InChI=1S/C19H24N2O2S/c1-2-21(13-10-16-7-4-3-5-8-16)18(22)9-6-12-20-19(23)17-11-14-24-15-17/h3-5,7-8,11,14-15H,2,6,9-10,12-13H2,1H3,(H,20,23). The summed E-state index contributed by atoms with van der Waals surface area (Å²) in [6.07, 6.45) is 2.00. The van der Waals surface area contributed by atoms with Crippen molar-refractivity contribution in [3.63, 3.8) is 0 Å². The quantitative estimate of drug-likeness (QED) is 0.709. The highest BCUT2D eigenvalue weighted by Gasteiger charge is 2.11. The SMILES string of the molecule is CCN(CCc1ccccc1)C(=O)CCCNC(=O)c1ccsc1. The van der Waals surface area contributed by atoms with Crippen LogP contribution in [0.25, 0.3) is 0 Å². The molecule has 0 atom stereocenters. The lowest BCUT2D eigenvalue weighted by Gasteiger charge is -2.21. The Morgan fingerprint density at radius 2 is 1.96 bits per heavy atom. The first-order valence-electron chi connectivity index (χ1n) is 8.32. The molecule has 0 aliphatic heterocycles. The number of nitrogens with zero attached hydrogens (tertiary/aromatic N) is 1. The molecule has 24 heavy (non-hydrogen) atoms. The molecule has 0 fully saturated rings. The topological polar surface area (TPSA) is 49.4 Å². The second-order valence-corrected chi connectivity index (χ2v) is 6.36. The lowest BCUT2D eigenvalue weighted by atomic mass is 10.1. The van der Waals surface area contributed by atoms with Crippen molar-refractivity contribution < 1.29 is 9.59 Å². The van der Waals surface area contributed by atoms with E-state index in [1.54, 1.807) is 6.07 Å². The summed E-state index contributed by atoms with van der Waals surface area (Å²) in [4.78, 5) is 26.0. The first-order valence-corrected chi connectivity index (χ1v) is 9.27. The molecule has 1 aromatic carbocycles. The van der Waals surface area contributed by atoms with Gasteiger partial charge in [-0.15, -0.1) is 0 Å². The van der Waals surface area contributed by atoms with Gasteiger partial charge >= 0.3 is 0 Å². The van der Waals surface area contributed by atoms with Crippen LogP contribution in [-0.4, -0.2) is 36.3 Å². The number of thiophene rings is 1. The highest BCUT2D eigenvalue weighted by atomic mass is 32.1. The first kappa shape index (κ1) is 18.2. The van der Waals surface area contributed by atoms with E-state index in [4.69, 9.17) is 0 Å². The number of benzene rings is 1. The van der Waals surface area contributed by atoms with Crippen LogP contribution in [0, 0.1) is 0 Å². The fraction of sp³-hybridized carbons (Fsp3) is 0.368. The third kappa shape index (κ3) is 5.81. The van der Waals surface area contributed by atoms with Crippen LogP contribution in [0.3, 0.4) is 0 Å². The Kier molecular flexibility index (Phi) is 7.49. The average Bonchev–Trinajstić information content (AvgIpc) is 3.14. The number of likely N-dealkylation sites (N-methyl/N-ethyl adjacent to an activating group) is 1. The van der Waals surface area contributed by atoms with Crippen molar-refractivity contribution in [2.45, 2.75) is 26.2 Å². The molecule has 2 rings (SSSR count). The molecule has 0 bridgehead atoms. The van der Waals surface area contributed by atoms with Crippen LogP contribution in [0.15, 0.2) is 47.2 Å². The van der Waals surface area contributed by atoms with E-state index in [1.807, 2.05) is 40.8 Å². The molecule has 0 saturated heterocycles. The maximum atomic E-state index is 12.3. The molecule has 1 heterocycles. The lowest BCUT2D eigenvalue weighted by Crippen LogP contribution is -2.33. The van der Waals surface area contributed by atoms with E-state index in [0.29, 0.717) is 31.5 Å². The number of nitrogens with one attached hydrogen (secondary N) is 1. The zero-order chi connectivity index (χ0) is 17.2. The molecule has 5 heteroatoms. The molecule has 2 aromatic rings. The van der Waals surface area contributed by atoms with Gasteiger partial charge in [-0.2, -0.15) is 11.3 Å². The molecule has 128 valence electrons. The largest absolute Gasteiger partial charge is 0.352 e. The first-order chi connectivity index (χ1) is 11.7. The van der Waals surface area contributed by atoms with Crippen LogP contribution in [-0.2, 0) is 11.2 Å². The fourth-order valence-electron chi connectivity index (χ4n) is 2.46. The van der Waals surface area contributed by atoms with Crippen LogP contribution >= 0.6 is 11.3 Å². The van der Waals surface area contributed by atoms with Gasteiger partial charge in [0.05, 0.1) is 0 Å². The second kappa shape index (κ2) is 9.88. The van der Waals surface area contributed by atoms with E-state index in [0.717, 1.165) is 13.0 Å². The predicted octanol–water partition coefficient (Wildman–Crippen LogP) is 3.35. The molecule has 0 radical (unpaired) electrons. The fourth-order valence-corrected chi connectivity index (χ4v) is 3.10. The molecule has 2 amide bonds. The van der Waals surface area contributed by atoms with E-state index in [-0.39, 0.29) is 11.8 Å². The Labute approximate surface area is 147 Å². The van der Waals surface area contributed by atoms with E-state index in [1.165, 1.54) is 16.9 Å². The third-order valence-corrected chi connectivity index (χ3v) is 4.57. The van der Waals surface area contributed by atoms with Gasteiger partial charge in [-0.25, -0.2) is 0 Å². The molecular weight excluding hydrogens is 320 g/mol. The van der Waals surface area contributed by atoms with E-state index in [9.17, 15) is 9.59 Å². The number of carbonyl (C=O) groups excluding carboxylic acids is 2. The summed E-state index contributed by atoms with van der Waals surface area (Å²) in [5.74, 6) is 0.0818. The molecule has 0 saturated carbocycles. The smallest absolute Gasteiger partial charge is 0.252 e. The van der Waals surface area contributed by atoms with Crippen molar-refractivity contribution in [1.82, 2.24) is 10.2 Å². The van der Waals surface area contributed by atoms with Gasteiger partial charge in [0.25, 0.3) is 5.91 Å². The number of hydrogen-bond donors (Lipinski definition) is 1. The van der Waals surface area contributed by atoms with Crippen molar-refractivity contribution in [1.29, 1.82) is 0 Å². The molecule has 1 N–H and O–H groups in total. The molecular formula is C19H24N2O2S. The van der Waals surface area contributed by atoms with Crippen molar-refractivity contribution in [3.05, 3.63) is 58.3 Å². The summed E-state index contributed by atoms with van der Waals surface area (Å²) in [6, 6.07) is 12.0. The van der Waals surface area contributed by atoms with Crippen LogP contribution < -0.4 is 5.32 Å². The minimum atomic E-state index is -0.0693. The van der Waals surface area contributed by atoms with Gasteiger partial charge in [0.1, 0.15) is 0 Å². The number of carbonyl (C=O) groups is 2. The Morgan fingerprint density at radius 1 is 1.17 bits per heavy atom. The van der Waals surface area contributed by atoms with Gasteiger partial charge in [0.15, 0.2) is 0 Å². The van der Waals surface area contributed by atoms with Crippen molar-refractivity contribution in [2.75, 3.05) is 19.6 Å². The third-order valence-electron chi connectivity index (χ3n) is 3.88. The summed E-state index contributed by atoms with van der Waals surface area (Å²) < 4.78 is 0. The average molecular weight is 344 g/mol. The molecule has 1 aromatic heterocycles. The Bertz CT molecular complexity index is 626. The van der Waals surface area contributed by atoms with Crippen molar-refractivity contribution in [2.24, 2.45) is 0 Å². The summed E-state index contributed by atoms with van der Waals surface area (Å²) >= 11 is 1.50. The Morgan fingerprint density at radius 3 is 2.62 bits per heavy atom. The molecule has 4 nitrogen and oxygen atoms in total. The van der Waals surface area contributed by atoms with Crippen LogP contribution in [0.5, 0.6) is 0 Å².